The van der Waals surface area contributed by atoms with Crippen LogP contribution in [0.5, 0.6) is 28.7 Å². The summed E-state index contributed by atoms with van der Waals surface area (Å²) < 4.78 is 12.2. The molecule has 0 saturated heterocycles. The Labute approximate surface area is 217 Å². The van der Waals surface area contributed by atoms with Gasteiger partial charge in [0.15, 0.2) is 17.3 Å². The molecule has 2 heterocycles. The smallest absolute Gasteiger partial charge is 0.174 e. The minimum Gasteiger partial charge on any atom is -0.507 e. The highest BCUT2D eigenvalue weighted by atomic mass is 16.5. The number of ketones is 1. The number of allylic oxidation sites excluding steroid dienone is 4. The molecule has 1 unspecified atom stereocenters. The van der Waals surface area contributed by atoms with Gasteiger partial charge in [0, 0.05) is 29.2 Å². The molecule has 0 fully saturated rings. The molecule has 0 aromatic heterocycles. The van der Waals surface area contributed by atoms with E-state index in [-0.39, 0.29) is 47.2 Å². The summed E-state index contributed by atoms with van der Waals surface area (Å²) in [6.45, 7) is 9.66. The van der Waals surface area contributed by atoms with Crippen LogP contribution in [0, 0.1) is 0 Å². The number of carbonyl (C=O) groups is 1. The fourth-order valence-electron chi connectivity index (χ4n) is 4.87. The molecule has 0 amide bonds. The van der Waals surface area contributed by atoms with Gasteiger partial charge in [0.05, 0.1) is 12.5 Å². The Morgan fingerprint density at radius 3 is 2.49 bits per heavy atom. The van der Waals surface area contributed by atoms with Crippen LogP contribution in [0.4, 0.5) is 0 Å². The van der Waals surface area contributed by atoms with E-state index in [0.29, 0.717) is 28.9 Å². The van der Waals surface area contributed by atoms with Gasteiger partial charge in [-0.2, -0.15) is 0 Å². The number of carbonyl (C=O) groups excluding carboxylic acids is 1. The number of Topliss-reactive ketones (excluding diaryl/α,β-unsaturated/α-hetero) is 1. The average molecular weight is 509 g/mol. The van der Waals surface area contributed by atoms with E-state index in [4.69, 9.17) is 9.47 Å². The maximum absolute atomic E-state index is 13.2. The Kier molecular flexibility index (Phi) is 7.29. The van der Waals surface area contributed by atoms with Gasteiger partial charge in [0.2, 0.25) is 0 Å². The van der Waals surface area contributed by atoms with Crippen LogP contribution in [-0.4, -0.2) is 37.9 Å². The molecule has 2 aromatic carbocycles. The van der Waals surface area contributed by atoms with Crippen molar-refractivity contribution in [2.45, 2.75) is 84.5 Å². The molecule has 0 aliphatic carbocycles. The maximum atomic E-state index is 13.2. The first-order valence-electron chi connectivity index (χ1n) is 12.7. The van der Waals surface area contributed by atoms with Crippen LogP contribution in [0.15, 0.2) is 41.5 Å². The minimum absolute atomic E-state index is 0.0469. The molecule has 37 heavy (non-hydrogen) atoms. The number of aliphatic hydroxyl groups excluding tert-OH is 1. The molecular weight excluding hydrogens is 472 g/mol. The second-order valence-electron chi connectivity index (χ2n) is 10.8. The van der Waals surface area contributed by atoms with E-state index in [1.807, 2.05) is 13.0 Å². The summed E-state index contributed by atoms with van der Waals surface area (Å²) in [7, 11) is 0. The number of rotatable bonds is 6. The molecule has 0 saturated carbocycles. The van der Waals surface area contributed by atoms with Crippen molar-refractivity contribution in [1.29, 1.82) is 0 Å². The molecule has 0 spiro atoms. The SMILES string of the molecule is CC(C)=CCC/C(C)=C/Cc1c([C@@H]2CC(=O)c3c(cc4c(c3O)CC(O)C(C)(C)O4)O2)ccc(O)c1O. The monoisotopic (exact) mass is 508 g/mol. The van der Waals surface area contributed by atoms with Gasteiger partial charge in [-0.25, -0.2) is 0 Å². The number of aromatic hydroxyl groups is 3. The second kappa shape index (κ2) is 10.1. The average Bonchev–Trinajstić information content (AvgIpc) is 2.80. The summed E-state index contributed by atoms with van der Waals surface area (Å²) in [4.78, 5) is 13.2. The lowest BCUT2D eigenvalue weighted by Crippen LogP contribution is -2.46. The van der Waals surface area contributed by atoms with Crippen molar-refractivity contribution in [3.63, 3.8) is 0 Å². The van der Waals surface area contributed by atoms with E-state index in [9.17, 15) is 25.2 Å². The van der Waals surface area contributed by atoms with Crippen molar-refractivity contribution in [2.24, 2.45) is 0 Å². The third-order valence-electron chi connectivity index (χ3n) is 7.21. The Balaban J connectivity index is 1.67. The fraction of sp³-hybridized carbons (Fsp3) is 0.433. The number of hydrogen-bond acceptors (Lipinski definition) is 7. The maximum Gasteiger partial charge on any atom is 0.174 e. The van der Waals surface area contributed by atoms with Gasteiger partial charge in [-0.05, 0) is 59.9 Å². The molecule has 198 valence electrons. The van der Waals surface area contributed by atoms with E-state index in [1.165, 1.54) is 11.6 Å². The van der Waals surface area contributed by atoms with Gasteiger partial charge in [-0.3, -0.25) is 4.79 Å². The van der Waals surface area contributed by atoms with Crippen molar-refractivity contribution in [3.8, 4) is 28.7 Å². The van der Waals surface area contributed by atoms with Gasteiger partial charge < -0.3 is 29.9 Å². The van der Waals surface area contributed by atoms with E-state index in [2.05, 4.69) is 19.9 Å². The predicted octanol–water partition coefficient (Wildman–Crippen LogP) is 5.82. The summed E-state index contributed by atoms with van der Waals surface area (Å²) >= 11 is 0. The van der Waals surface area contributed by atoms with Crippen molar-refractivity contribution in [3.05, 3.63) is 63.8 Å². The quantitative estimate of drug-likeness (QED) is 0.287. The number of aliphatic hydroxyl groups is 1. The van der Waals surface area contributed by atoms with Crippen LogP contribution in [-0.2, 0) is 12.8 Å². The molecule has 2 atom stereocenters. The second-order valence-corrected chi connectivity index (χ2v) is 10.8. The summed E-state index contributed by atoms with van der Waals surface area (Å²) in [6, 6.07) is 4.64. The molecule has 2 aliphatic heterocycles. The van der Waals surface area contributed by atoms with E-state index >= 15 is 0 Å². The lowest BCUT2D eigenvalue weighted by atomic mass is 9.86. The van der Waals surface area contributed by atoms with Crippen LogP contribution in [0.25, 0.3) is 0 Å². The fourth-order valence-corrected chi connectivity index (χ4v) is 4.87. The van der Waals surface area contributed by atoms with Gasteiger partial charge in [-0.15, -0.1) is 0 Å². The zero-order chi connectivity index (χ0) is 27.1. The molecule has 2 aromatic rings. The number of ether oxygens (including phenoxy) is 2. The lowest BCUT2D eigenvalue weighted by molar-refractivity contribution is -0.0420. The van der Waals surface area contributed by atoms with Gasteiger partial charge in [0.25, 0.3) is 0 Å². The number of hydrogen-bond donors (Lipinski definition) is 4. The Bertz CT molecular complexity index is 1280. The molecule has 2 aliphatic rings. The van der Waals surface area contributed by atoms with E-state index < -0.39 is 17.8 Å². The number of phenolic OH excluding ortho intramolecular Hbond substituents is 3. The van der Waals surface area contributed by atoms with Gasteiger partial charge in [-0.1, -0.05) is 29.4 Å². The summed E-state index contributed by atoms with van der Waals surface area (Å²) in [5.74, 6) is -0.453. The van der Waals surface area contributed by atoms with Gasteiger partial charge in [0.1, 0.15) is 34.5 Å². The Morgan fingerprint density at radius 1 is 1.05 bits per heavy atom. The zero-order valence-electron chi connectivity index (χ0n) is 22.1. The third-order valence-corrected chi connectivity index (χ3v) is 7.21. The van der Waals surface area contributed by atoms with Gasteiger partial charge >= 0.3 is 0 Å². The van der Waals surface area contributed by atoms with Crippen LogP contribution in [0.2, 0.25) is 0 Å². The van der Waals surface area contributed by atoms with E-state index in [0.717, 1.165) is 18.4 Å². The Morgan fingerprint density at radius 2 is 1.78 bits per heavy atom. The summed E-state index contributed by atoms with van der Waals surface area (Å²) in [6.07, 6.45) is 4.90. The Hall–Kier alpha value is -3.45. The standard InChI is InChI=1S/C30H36O7/c1-16(2)7-6-8-17(3)9-10-19-18(11-12-21(31)28(19)34)23-14-22(32)27-25(36-23)15-24-20(29(27)35)13-26(33)30(4,5)37-24/h7,9,11-12,15,23,26,31,33-35H,6,8,10,13-14H2,1-5H3/b17-9+/t23-,26?/m0/s1. The highest BCUT2D eigenvalue weighted by Crippen LogP contribution is 2.49. The minimum atomic E-state index is -0.864. The van der Waals surface area contributed by atoms with Crippen molar-refractivity contribution in [1.82, 2.24) is 0 Å². The van der Waals surface area contributed by atoms with Crippen molar-refractivity contribution < 1.29 is 34.7 Å². The predicted molar refractivity (Wildman–Crippen MR) is 141 cm³/mol. The van der Waals surface area contributed by atoms with Crippen LogP contribution >= 0.6 is 0 Å². The van der Waals surface area contributed by atoms with E-state index in [1.54, 1.807) is 26.0 Å². The van der Waals surface area contributed by atoms with Crippen LogP contribution in [0.1, 0.15) is 87.0 Å². The van der Waals surface area contributed by atoms with Crippen LogP contribution in [0.3, 0.4) is 0 Å². The number of phenols is 3. The van der Waals surface area contributed by atoms with Crippen molar-refractivity contribution in [2.75, 3.05) is 0 Å². The molecule has 0 bridgehead atoms. The molecule has 7 nitrogen and oxygen atoms in total. The normalized spacial score (nSPS) is 20.4. The van der Waals surface area contributed by atoms with Crippen molar-refractivity contribution >= 4 is 5.78 Å². The largest absolute Gasteiger partial charge is 0.507 e. The molecular formula is C30H36O7. The topological polar surface area (TPSA) is 116 Å². The first-order valence-corrected chi connectivity index (χ1v) is 12.7. The first kappa shape index (κ1) is 26.6. The highest BCUT2D eigenvalue weighted by molar-refractivity contribution is 6.03. The summed E-state index contributed by atoms with van der Waals surface area (Å²) in [5.41, 5.74) is 3.09. The number of fused-ring (bicyclic) bond motifs is 2. The third kappa shape index (κ3) is 5.32. The molecule has 0 radical (unpaired) electrons. The molecule has 7 heteroatoms. The summed E-state index contributed by atoms with van der Waals surface area (Å²) in [5, 5.41) is 42.2. The lowest BCUT2D eigenvalue weighted by Gasteiger charge is -2.38. The molecule has 4 rings (SSSR count). The van der Waals surface area contributed by atoms with Crippen LogP contribution < -0.4 is 9.47 Å². The number of benzene rings is 2. The molecule has 4 N–H and O–H groups in total. The zero-order valence-corrected chi connectivity index (χ0v) is 22.1. The highest BCUT2D eigenvalue weighted by Gasteiger charge is 2.41. The first-order chi connectivity index (χ1) is 17.4.